The molecule has 1 aliphatic rings. The summed E-state index contributed by atoms with van der Waals surface area (Å²) in [5.41, 5.74) is 0.756. The maximum atomic E-state index is 13.8. The summed E-state index contributed by atoms with van der Waals surface area (Å²) in [6.07, 6.45) is -1.48. The summed E-state index contributed by atoms with van der Waals surface area (Å²) in [5, 5.41) is 0. The van der Waals surface area contributed by atoms with E-state index in [2.05, 4.69) is 0 Å². The summed E-state index contributed by atoms with van der Waals surface area (Å²) in [7, 11) is 0. The molecule has 1 heterocycles. The van der Waals surface area contributed by atoms with E-state index in [9.17, 15) is 18.4 Å². The molecule has 0 N–H and O–H groups in total. The van der Waals surface area contributed by atoms with Crippen LogP contribution in [0.5, 0.6) is 0 Å². The van der Waals surface area contributed by atoms with Crippen LogP contribution >= 0.6 is 0 Å². The van der Waals surface area contributed by atoms with Crippen molar-refractivity contribution in [3.05, 3.63) is 35.9 Å². The lowest BCUT2D eigenvalue weighted by molar-refractivity contribution is -0.157. The van der Waals surface area contributed by atoms with Crippen LogP contribution < -0.4 is 0 Å². The van der Waals surface area contributed by atoms with Crippen LogP contribution in [0.25, 0.3) is 0 Å². The first-order valence-electron chi connectivity index (χ1n) is 7.41. The van der Waals surface area contributed by atoms with Crippen molar-refractivity contribution >= 4 is 12.1 Å². The second kappa shape index (κ2) is 7.39. The van der Waals surface area contributed by atoms with Gasteiger partial charge < -0.3 is 14.4 Å². The molecular weight excluding hydrogens is 308 g/mol. The molecular formula is C16H19F2NO4. The number of halogens is 2. The van der Waals surface area contributed by atoms with Crippen molar-refractivity contribution in [3.8, 4) is 0 Å². The van der Waals surface area contributed by atoms with Gasteiger partial charge in [-0.05, 0) is 12.5 Å². The van der Waals surface area contributed by atoms with Crippen LogP contribution in [-0.4, -0.2) is 42.6 Å². The van der Waals surface area contributed by atoms with Crippen molar-refractivity contribution in [1.29, 1.82) is 0 Å². The van der Waals surface area contributed by atoms with E-state index in [0.717, 1.165) is 10.5 Å². The first kappa shape index (κ1) is 17.2. The van der Waals surface area contributed by atoms with Crippen molar-refractivity contribution in [2.24, 2.45) is 5.92 Å². The van der Waals surface area contributed by atoms with Crippen LogP contribution in [0.1, 0.15) is 18.9 Å². The van der Waals surface area contributed by atoms with E-state index in [4.69, 9.17) is 9.47 Å². The lowest BCUT2D eigenvalue weighted by Crippen LogP contribution is -2.51. The van der Waals surface area contributed by atoms with E-state index in [1.54, 1.807) is 31.2 Å². The third kappa shape index (κ3) is 4.91. The highest BCUT2D eigenvalue weighted by Crippen LogP contribution is 2.31. The average Bonchev–Trinajstić information content (AvgIpc) is 2.52. The average molecular weight is 327 g/mol. The number of carbonyl (C=O) groups is 2. The predicted molar refractivity (Wildman–Crippen MR) is 77.9 cm³/mol. The molecule has 126 valence electrons. The van der Waals surface area contributed by atoms with Crippen molar-refractivity contribution in [1.82, 2.24) is 4.90 Å². The lowest BCUT2D eigenvalue weighted by atomic mass is 9.95. The van der Waals surface area contributed by atoms with Crippen LogP contribution in [0.15, 0.2) is 30.3 Å². The number of piperidine rings is 1. The van der Waals surface area contributed by atoms with Crippen LogP contribution in [0.3, 0.4) is 0 Å². The monoisotopic (exact) mass is 327 g/mol. The molecule has 7 heteroatoms. The van der Waals surface area contributed by atoms with Gasteiger partial charge in [0.15, 0.2) is 0 Å². The third-order valence-electron chi connectivity index (χ3n) is 3.49. The van der Waals surface area contributed by atoms with E-state index in [0.29, 0.717) is 0 Å². The Bertz CT molecular complexity index is 550. The van der Waals surface area contributed by atoms with Gasteiger partial charge in [-0.1, -0.05) is 30.3 Å². The van der Waals surface area contributed by atoms with Gasteiger partial charge in [0.25, 0.3) is 5.92 Å². The Morgan fingerprint density at radius 1 is 1.26 bits per heavy atom. The second-order valence-electron chi connectivity index (χ2n) is 5.43. The number of hydrogen-bond donors (Lipinski definition) is 0. The molecule has 5 nitrogen and oxygen atoms in total. The summed E-state index contributed by atoms with van der Waals surface area (Å²) < 4.78 is 37.4. The lowest BCUT2D eigenvalue weighted by Gasteiger charge is -2.35. The number of alkyl halides is 2. The van der Waals surface area contributed by atoms with Crippen LogP contribution in [0.4, 0.5) is 13.6 Å². The number of amides is 1. The first-order valence-corrected chi connectivity index (χ1v) is 7.41. The fourth-order valence-corrected chi connectivity index (χ4v) is 2.47. The minimum absolute atomic E-state index is 0.00812. The quantitative estimate of drug-likeness (QED) is 0.798. The van der Waals surface area contributed by atoms with Crippen molar-refractivity contribution in [2.45, 2.75) is 25.9 Å². The standard InChI is InChI=1S/C16H19F2NO4/c1-2-22-14(20)13-8-16(17,18)11-19(9-13)15(21)23-10-12-6-4-3-5-7-12/h3-7,13H,2,8-11H2,1H3. The molecule has 0 saturated carbocycles. The normalized spacial score (nSPS) is 20.0. The predicted octanol–water partition coefficient (Wildman–Crippen LogP) is 2.84. The molecule has 1 amide bonds. The first-order chi connectivity index (χ1) is 10.9. The molecule has 0 aliphatic carbocycles. The van der Waals surface area contributed by atoms with Gasteiger partial charge in [-0.15, -0.1) is 0 Å². The molecule has 1 aliphatic heterocycles. The Morgan fingerprint density at radius 3 is 2.61 bits per heavy atom. The van der Waals surface area contributed by atoms with Crippen LogP contribution in [-0.2, 0) is 20.9 Å². The number of carbonyl (C=O) groups excluding carboxylic acids is 2. The molecule has 1 aromatic carbocycles. The van der Waals surface area contributed by atoms with Crippen LogP contribution in [0, 0.1) is 5.92 Å². The molecule has 23 heavy (non-hydrogen) atoms. The molecule has 1 atom stereocenters. The summed E-state index contributed by atoms with van der Waals surface area (Å²) in [6, 6.07) is 8.92. The third-order valence-corrected chi connectivity index (χ3v) is 3.49. The zero-order valence-electron chi connectivity index (χ0n) is 12.8. The SMILES string of the molecule is CCOC(=O)C1CN(C(=O)OCc2ccccc2)CC(F)(F)C1. The molecule has 0 aromatic heterocycles. The molecule has 1 fully saturated rings. The van der Waals surface area contributed by atoms with E-state index in [1.165, 1.54) is 0 Å². The van der Waals surface area contributed by atoms with Gasteiger partial charge in [0.2, 0.25) is 0 Å². The van der Waals surface area contributed by atoms with Gasteiger partial charge in [-0.25, -0.2) is 13.6 Å². The Morgan fingerprint density at radius 2 is 1.96 bits per heavy atom. The molecule has 1 saturated heterocycles. The van der Waals surface area contributed by atoms with Crippen molar-refractivity contribution < 1.29 is 27.8 Å². The summed E-state index contributed by atoms with van der Waals surface area (Å²) >= 11 is 0. The zero-order valence-corrected chi connectivity index (χ0v) is 12.8. The van der Waals surface area contributed by atoms with E-state index >= 15 is 0 Å². The number of likely N-dealkylation sites (tertiary alicyclic amines) is 1. The fourth-order valence-electron chi connectivity index (χ4n) is 2.47. The molecule has 0 radical (unpaired) electrons. The fraction of sp³-hybridized carbons (Fsp3) is 0.500. The molecule has 0 bridgehead atoms. The van der Waals surface area contributed by atoms with Crippen molar-refractivity contribution in [2.75, 3.05) is 19.7 Å². The van der Waals surface area contributed by atoms with Gasteiger partial charge in [0.05, 0.1) is 19.1 Å². The van der Waals surface area contributed by atoms with E-state index < -0.39 is 36.9 Å². The number of rotatable bonds is 4. The smallest absolute Gasteiger partial charge is 0.410 e. The minimum atomic E-state index is -3.14. The number of nitrogens with zero attached hydrogens (tertiary/aromatic N) is 1. The second-order valence-corrected chi connectivity index (χ2v) is 5.43. The molecule has 2 rings (SSSR count). The maximum absolute atomic E-state index is 13.8. The zero-order chi connectivity index (χ0) is 16.9. The largest absolute Gasteiger partial charge is 0.466 e. The summed E-state index contributed by atoms with van der Waals surface area (Å²) in [4.78, 5) is 24.6. The maximum Gasteiger partial charge on any atom is 0.410 e. The van der Waals surface area contributed by atoms with Gasteiger partial charge >= 0.3 is 12.1 Å². The highest BCUT2D eigenvalue weighted by atomic mass is 19.3. The van der Waals surface area contributed by atoms with Crippen LogP contribution in [0.2, 0.25) is 0 Å². The summed E-state index contributed by atoms with van der Waals surface area (Å²) in [5.74, 6) is -4.89. The Labute approximate surface area is 133 Å². The van der Waals surface area contributed by atoms with E-state index in [-0.39, 0.29) is 19.8 Å². The Balaban J connectivity index is 1.96. The number of hydrogen-bond acceptors (Lipinski definition) is 4. The highest BCUT2D eigenvalue weighted by molar-refractivity contribution is 5.75. The number of ether oxygens (including phenoxy) is 2. The Hall–Kier alpha value is -2.18. The molecule has 1 unspecified atom stereocenters. The van der Waals surface area contributed by atoms with Gasteiger partial charge in [0, 0.05) is 13.0 Å². The molecule has 1 aromatic rings. The van der Waals surface area contributed by atoms with Gasteiger partial charge in [-0.3, -0.25) is 4.79 Å². The molecule has 0 spiro atoms. The number of esters is 1. The van der Waals surface area contributed by atoms with Gasteiger partial charge in [-0.2, -0.15) is 0 Å². The van der Waals surface area contributed by atoms with Crippen molar-refractivity contribution in [3.63, 3.8) is 0 Å². The summed E-state index contributed by atoms with van der Waals surface area (Å²) in [6.45, 7) is 0.828. The number of benzene rings is 1. The Kier molecular flexibility index (Phi) is 5.52. The minimum Gasteiger partial charge on any atom is -0.466 e. The van der Waals surface area contributed by atoms with Gasteiger partial charge in [0.1, 0.15) is 6.61 Å². The van der Waals surface area contributed by atoms with E-state index in [1.807, 2.05) is 6.07 Å². The topological polar surface area (TPSA) is 55.8 Å². The highest BCUT2D eigenvalue weighted by Gasteiger charge is 2.45.